The predicted molar refractivity (Wildman–Crippen MR) is 247 cm³/mol. The number of aromatic nitrogens is 4. The van der Waals surface area contributed by atoms with E-state index >= 15 is 0 Å². The van der Waals surface area contributed by atoms with Gasteiger partial charge in [0.25, 0.3) is 11.1 Å². The number of para-hydroxylation sites is 4. The summed E-state index contributed by atoms with van der Waals surface area (Å²) in [6.45, 7) is 10.8. The fourth-order valence-corrected chi connectivity index (χ4v) is 5.26. The third kappa shape index (κ3) is 17.3. The molecule has 0 fully saturated rings. The van der Waals surface area contributed by atoms with Gasteiger partial charge in [-0.25, -0.2) is 19.3 Å². The molecule has 0 aliphatic carbocycles. The van der Waals surface area contributed by atoms with Crippen LogP contribution < -0.4 is 30.8 Å². The Labute approximate surface area is 395 Å². The molecule has 0 N–H and O–H groups in total. The molecule has 6 aromatic rings. The van der Waals surface area contributed by atoms with Gasteiger partial charge < -0.3 is 19.7 Å². The van der Waals surface area contributed by atoms with Gasteiger partial charge >= 0.3 is 16.5 Å². The number of nitriles is 5. The first-order valence-corrected chi connectivity index (χ1v) is 19.1. The first kappa shape index (κ1) is 59.5. The van der Waals surface area contributed by atoms with Crippen LogP contribution in [0.1, 0.15) is 57.1 Å². The van der Waals surface area contributed by atoms with Crippen molar-refractivity contribution >= 4 is 23.8 Å². The van der Waals surface area contributed by atoms with Crippen molar-refractivity contribution in [1.29, 1.82) is 26.3 Å². The first-order valence-electron chi connectivity index (χ1n) is 19.1. The van der Waals surface area contributed by atoms with Gasteiger partial charge in [0.15, 0.2) is 11.4 Å². The van der Waals surface area contributed by atoms with Crippen LogP contribution in [-0.4, -0.2) is 45.4 Å². The molecule has 4 aromatic carbocycles. The normalized spacial score (nSPS) is 9.06. The minimum Gasteiger partial charge on any atom is -0.870 e. The Balaban J connectivity index is 0. The van der Waals surface area contributed by atoms with Gasteiger partial charge in [-0.3, -0.25) is 19.0 Å². The van der Waals surface area contributed by atoms with E-state index in [1.54, 1.807) is 99.6 Å². The third-order valence-corrected chi connectivity index (χ3v) is 8.17. The second-order valence-electron chi connectivity index (χ2n) is 12.2. The van der Waals surface area contributed by atoms with Gasteiger partial charge in [0.2, 0.25) is 0 Å². The minimum atomic E-state index is -0.259. The van der Waals surface area contributed by atoms with Gasteiger partial charge in [-0.15, -0.1) is 0 Å². The second-order valence-corrected chi connectivity index (χ2v) is 12.2. The number of aliphatic imine (C=N–C) groups is 2. The van der Waals surface area contributed by atoms with Crippen LogP contribution >= 0.6 is 0 Å². The van der Waals surface area contributed by atoms with Crippen LogP contribution in [0.5, 0.6) is 23.0 Å². The van der Waals surface area contributed by atoms with Gasteiger partial charge in [0.05, 0.1) is 67.3 Å². The van der Waals surface area contributed by atoms with Crippen molar-refractivity contribution in [2.24, 2.45) is 24.1 Å². The van der Waals surface area contributed by atoms with Crippen molar-refractivity contribution in [3.8, 4) is 64.7 Å². The molecule has 2 aromatic heterocycles. The molecule has 0 aliphatic heterocycles. The second kappa shape index (κ2) is 33.0. The molecule has 0 atom stereocenters. The zero-order valence-corrected chi connectivity index (χ0v) is 39.6. The van der Waals surface area contributed by atoms with E-state index in [4.69, 9.17) is 35.8 Å². The maximum atomic E-state index is 12.8. The van der Waals surface area contributed by atoms with E-state index in [1.807, 2.05) is 74.5 Å². The van der Waals surface area contributed by atoms with Crippen LogP contribution in [0.2, 0.25) is 0 Å². The quantitative estimate of drug-likeness (QED) is 0.108. The number of hydrogen-bond donors (Lipinski definition) is 0. The van der Waals surface area contributed by atoms with Gasteiger partial charge in [0.1, 0.15) is 11.5 Å². The maximum absolute atomic E-state index is 12.8. The smallest absolute Gasteiger partial charge is 0.870 e. The summed E-state index contributed by atoms with van der Waals surface area (Å²) < 4.78 is 16.6. The fraction of sp³-hybridized carbons (Fsp3) is 0.229. The Morgan fingerprint density at radius 2 is 0.788 bits per heavy atom. The van der Waals surface area contributed by atoms with E-state index in [1.165, 1.54) is 61.3 Å². The third-order valence-electron chi connectivity index (χ3n) is 8.17. The maximum Gasteiger partial charge on any atom is 2.00 e. The molecular weight excluding hydrogens is 885 g/mol. The SMILES string of the molecule is CC#N.CC#N.CC#N.CC#N.CC#N.COc1cccc(C=Nc2c(C)n(C)n(-c3ccccc3)c2=O)c1[O-].COc1cccc(C=Nc2c(C)n(C)n(-c3ccccc3)c2=O)c1[O-].[Ni+2]. The Kier molecular flexibility index (Phi) is 29.7. The van der Waals surface area contributed by atoms with E-state index in [0.717, 1.165) is 11.4 Å². The number of nitrogens with zero attached hydrogens (tertiary/aromatic N) is 11. The summed E-state index contributed by atoms with van der Waals surface area (Å²) in [6.07, 6.45) is 2.81. The van der Waals surface area contributed by atoms with Crippen molar-refractivity contribution in [3.63, 3.8) is 0 Å². The number of methoxy groups -OCH3 is 2. The van der Waals surface area contributed by atoms with Crippen LogP contribution in [0, 0.1) is 70.5 Å². The largest absolute Gasteiger partial charge is 2.00 e. The van der Waals surface area contributed by atoms with Gasteiger partial charge in [-0.05, 0) is 61.4 Å². The van der Waals surface area contributed by atoms with Crippen LogP contribution in [0.4, 0.5) is 11.4 Å². The standard InChI is InChI=1S/2C19H19N3O3.5C2H3N.Ni/c2*1-13-17(20-12-14-8-7-11-16(25-3)18(14)23)19(24)22(21(13)2)15-9-5-4-6-10-15;5*1-2-3;/h2*4-12,23H,1-3H3;5*1H3;/q;;;;;;;+2/p-2. The average molecular weight is 937 g/mol. The molecule has 0 amide bonds. The van der Waals surface area contributed by atoms with Crippen LogP contribution in [-0.2, 0) is 30.6 Å². The molecule has 18 heteroatoms. The molecular formula is C48H51N11NiO6. The van der Waals surface area contributed by atoms with E-state index in [0.29, 0.717) is 33.9 Å². The molecule has 0 saturated heterocycles. The average Bonchev–Trinajstić information content (AvgIpc) is 3.64. The van der Waals surface area contributed by atoms with Crippen LogP contribution in [0.15, 0.2) is 117 Å². The summed E-state index contributed by atoms with van der Waals surface area (Å²) in [7, 11) is 6.48. The Morgan fingerprint density at radius 1 is 0.515 bits per heavy atom. The van der Waals surface area contributed by atoms with E-state index in [9.17, 15) is 19.8 Å². The van der Waals surface area contributed by atoms with E-state index < -0.39 is 0 Å². The van der Waals surface area contributed by atoms with Crippen molar-refractivity contribution in [2.45, 2.75) is 48.5 Å². The van der Waals surface area contributed by atoms with Crippen LogP contribution in [0.3, 0.4) is 0 Å². The minimum absolute atomic E-state index is 0. The van der Waals surface area contributed by atoms with Crippen molar-refractivity contribution in [1.82, 2.24) is 18.7 Å². The Morgan fingerprint density at radius 3 is 1.05 bits per heavy atom. The molecule has 2 heterocycles. The van der Waals surface area contributed by atoms with Gasteiger partial charge in [0, 0.05) is 61.1 Å². The Bertz CT molecular complexity index is 2580. The summed E-state index contributed by atoms with van der Waals surface area (Å²) in [5.74, 6) is -0.0256. The summed E-state index contributed by atoms with van der Waals surface area (Å²) in [4.78, 5) is 34.1. The summed E-state index contributed by atoms with van der Waals surface area (Å²) in [6, 6.07) is 37.3. The van der Waals surface area contributed by atoms with E-state index in [2.05, 4.69) is 9.98 Å². The molecule has 6 rings (SSSR count). The zero-order chi connectivity index (χ0) is 49.5. The molecule has 0 aliphatic rings. The predicted octanol–water partition coefficient (Wildman–Crippen LogP) is 7.28. The molecule has 17 nitrogen and oxygen atoms in total. The summed E-state index contributed by atoms with van der Waals surface area (Å²) in [5, 5.41) is 61.0. The summed E-state index contributed by atoms with van der Waals surface area (Å²) in [5.41, 5.74) is 3.79. The fourth-order valence-electron chi connectivity index (χ4n) is 5.26. The van der Waals surface area contributed by atoms with Crippen molar-refractivity contribution in [3.05, 3.63) is 140 Å². The molecule has 66 heavy (non-hydrogen) atoms. The van der Waals surface area contributed by atoms with Gasteiger partial charge in [-0.2, -0.15) is 26.3 Å². The number of ether oxygens (including phenoxy) is 2. The molecule has 0 radical (unpaired) electrons. The zero-order valence-electron chi connectivity index (χ0n) is 38.6. The van der Waals surface area contributed by atoms with Crippen molar-refractivity contribution in [2.75, 3.05) is 14.2 Å². The monoisotopic (exact) mass is 935 g/mol. The molecule has 0 unspecified atom stereocenters. The van der Waals surface area contributed by atoms with E-state index in [-0.39, 0.29) is 50.6 Å². The molecule has 0 saturated carbocycles. The summed E-state index contributed by atoms with van der Waals surface area (Å²) >= 11 is 0. The molecule has 0 bridgehead atoms. The molecule has 344 valence electrons. The number of rotatable bonds is 8. The molecule has 0 spiro atoms. The number of hydrogen-bond acceptors (Lipinski definition) is 13. The first-order chi connectivity index (χ1) is 31.2. The van der Waals surface area contributed by atoms with Gasteiger partial charge in [-0.1, -0.05) is 72.2 Å². The van der Waals surface area contributed by atoms with Crippen LogP contribution in [0.25, 0.3) is 11.4 Å². The Hall–Kier alpha value is -8.62. The van der Waals surface area contributed by atoms with Crippen molar-refractivity contribution < 1.29 is 36.2 Å². The topological polar surface area (TPSA) is 262 Å². The number of benzene rings is 4.